The molecule has 0 N–H and O–H groups in total. The van der Waals surface area contributed by atoms with Gasteiger partial charge in [0.05, 0.1) is 22.1 Å². The Kier molecular flexibility index (Phi) is 6.98. The molecule has 0 atom stereocenters. The van der Waals surface area contributed by atoms with E-state index < -0.39 is 0 Å². The summed E-state index contributed by atoms with van der Waals surface area (Å²) in [6, 6.07) is 70.7. The maximum Gasteiger partial charge on any atom is 0.137 e. The van der Waals surface area contributed by atoms with Crippen molar-refractivity contribution in [3.8, 4) is 27.9 Å². The molecule has 0 amide bonds. The zero-order chi connectivity index (χ0) is 38.5. The lowest BCUT2D eigenvalue weighted by Crippen LogP contribution is -2.16. The first kappa shape index (κ1) is 32.8. The summed E-state index contributed by atoms with van der Waals surface area (Å²) in [6.07, 6.45) is 0. The summed E-state index contributed by atoms with van der Waals surface area (Å²) >= 11 is 0. The van der Waals surface area contributed by atoms with Crippen molar-refractivity contribution in [2.75, 3.05) is 4.90 Å². The summed E-state index contributed by atoms with van der Waals surface area (Å²) in [6.45, 7) is 4.70. The fourth-order valence-electron chi connectivity index (χ4n) is 9.75. The Morgan fingerprint density at radius 2 is 1.14 bits per heavy atom. The summed E-state index contributed by atoms with van der Waals surface area (Å²) in [5, 5.41) is 7.20. The first-order chi connectivity index (χ1) is 28.5. The Morgan fingerprint density at radius 1 is 0.448 bits per heavy atom. The van der Waals surface area contributed by atoms with Gasteiger partial charge < -0.3 is 13.9 Å². The van der Waals surface area contributed by atoms with Gasteiger partial charge in [0.25, 0.3) is 0 Å². The average Bonchev–Trinajstić information content (AvgIpc) is 3.89. The maximum atomic E-state index is 6.43. The van der Waals surface area contributed by atoms with E-state index in [2.05, 4.69) is 211 Å². The predicted molar refractivity (Wildman–Crippen MR) is 243 cm³/mol. The van der Waals surface area contributed by atoms with Crippen molar-refractivity contribution >= 4 is 71.6 Å². The minimum atomic E-state index is -0.123. The second-order valence-electron chi connectivity index (χ2n) is 16.1. The van der Waals surface area contributed by atoms with Crippen molar-refractivity contribution < 1.29 is 4.42 Å². The Labute approximate surface area is 336 Å². The predicted octanol–water partition coefficient (Wildman–Crippen LogP) is 15.3. The molecule has 12 rings (SSSR count). The lowest BCUT2D eigenvalue weighted by atomic mass is 9.82. The van der Waals surface area contributed by atoms with Crippen LogP contribution in [0.1, 0.15) is 25.0 Å². The normalized spacial score (nSPS) is 13.1. The van der Waals surface area contributed by atoms with E-state index in [0.29, 0.717) is 0 Å². The van der Waals surface area contributed by atoms with Gasteiger partial charge in [0.2, 0.25) is 0 Å². The van der Waals surface area contributed by atoms with E-state index in [1.54, 1.807) is 0 Å². The molecule has 9 aromatic carbocycles. The van der Waals surface area contributed by atoms with Crippen LogP contribution in [-0.4, -0.2) is 4.57 Å². The number of hydrogen-bond acceptors (Lipinski definition) is 2. The number of furan rings is 1. The van der Waals surface area contributed by atoms with E-state index in [1.807, 2.05) is 6.07 Å². The highest BCUT2D eigenvalue weighted by Crippen LogP contribution is 2.51. The van der Waals surface area contributed by atoms with Crippen LogP contribution in [0, 0.1) is 0 Å². The number of anilines is 3. The summed E-state index contributed by atoms with van der Waals surface area (Å²) in [5.41, 5.74) is 16.2. The molecule has 0 spiro atoms. The molecular formula is C55H38N2O. The first-order valence-electron chi connectivity index (χ1n) is 20.1. The van der Waals surface area contributed by atoms with Crippen molar-refractivity contribution in [3.63, 3.8) is 0 Å². The number of aromatic nitrogens is 1. The van der Waals surface area contributed by atoms with Gasteiger partial charge >= 0.3 is 0 Å². The molecule has 2 heterocycles. The zero-order valence-corrected chi connectivity index (χ0v) is 32.3. The Bertz CT molecular complexity index is 3440. The van der Waals surface area contributed by atoms with Gasteiger partial charge in [-0.15, -0.1) is 0 Å². The average molecular weight is 743 g/mol. The number of fused-ring (bicyclic) bond motifs is 10. The quantitative estimate of drug-likeness (QED) is 0.175. The highest BCUT2D eigenvalue weighted by molar-refractivity contribution is 6.14. The minimum absolute atomic E-state index is 0.123. The summed E-state index contributed by atoms with van der Waals surface area (Å²) in [4.78, 5) is 2.41. The highest BCUT2D eigenvalue weighted by Gasteiger charge is 2.36. The molecule has 1 aliphatic rings. The molecule has 0 unspecified atom stereocenters. The molecule has 0 fully saturated rings. The van der Waals surface area contributed by atoms with Crippen LogP contribution in [0.4, 0.5) is 17.1 Å². The van der Waals surface area contributed by atoms with Crippen LogP contribution in [0.2, 0.25) is 0 Å². The molecule has 1 aliphatic carbocycles. The topological polar surface area (TPSA) is 21.3 Å². The first-order valence-corrected chi connectivity index (χ1v) is 20.1. The van der Waals surface area contributed by atoms with Gasteiger partial charge in [-0.2, -0.15) is 0 Å². The van der Waals surface area contributed by atoms with Crippen LogP contribution in [0.25, 0.3) is 82.5 Å². The number of hydrogen-bond donors (Lipinski definition) is 0. The van der Waals surface area contributed by atoms with E-state index in [-0.39, 0.29) is 5.41 Å². The van der Waals surface area contributed by atoms with Gasteiger partial charge in [-0.25, -0.2) is 0 Å². The van der Waals surface area contributed by atoms with E-state index in [1.165, 1.54) is 71.6 Å². The van der Waals surface area contributed by atoms with Gasteiger partial charge in [0.1, 0.15) is 11.2 Å². The van der Waals surface area contributed by atoms with Crippen LogP contribution in [0.15, 0.2) is 199 Å². The lowest BCUT2D eigenvalue weighted by molar-refractivity contribution is 0.660. The summed E-state index contributed by atoms with van der Waals surface area (Å²) < 4.78 is 8.83. The van der Waals surface area contributed by atoms with Gasteiger partial charge in [-0.05, 0) is 117 Å². The number of benzene rings is 9. The SMILES string of the molecule is CC1(C)c2ccccc2-c2ccc(N(c3ccc(-c4ccc5c(c4)c4ccccc4n5-c4ccc5ccccc5c4)cc3)c3cccc4oc5ccccc5c34)cc21. The van der Waals surface area contributed by atoms with E-state index in [4.69, 9.17) is 4.42 Å². The van der Waals surface area contributed by atoms with Gasteiger partial charge in [0, 0.05) is 38.6 Å². The van der Waals surface area contributed by atoms with Crippen molar-refractivity contribution in [3.05, 3.63) is 205 Å². The molecule has 0 saturated carbocycles. The third-order valence-electron chi connectivity index (χ3n) is 12.6. The summed E-state index contributed by atoms with van der Waals surface area (Å²) in [7, 11) is 0. The monoisotopic (exact) mass is 742 g/mol. The highest BCUT2D eigenvalue weighted by atomic mass is 16.3. The zero-order valence-electron chi connectivity index (χ0n) is 32.3. The van der Waals surface area contributed by atoms with Crippen LogP contribution in [0.3, 0.4) is 0 Å². The Hall–Kier alpha value is -7.36. The largest absolute Gasteiger partial charge is 0.456 e. The molecule has 3 heteroatoms. The van der Waals surface area contributed by atoms with Gasteiger partial charge in [-0.1, -0.05) is 135 Å². The Balaban J connectivity index is 1.00. The molecule has 0 saturated heterocycles. The summed E-state index contributed by atoms with van der Waals surface area (Å²) in [5.74, 6) is 0. The van der Waals surface area contributed by atoms with E-state index in [9.17, 15) is 0 Å². The molecule has 2 aromatic heterocycles. The fraction of sp³-hybridized carbons (Fsp3) is 0.0545. The van der Waals surface area contributed by atoms with E-state index in [0.717, 1.165) is 39.0 Å². The smallest absolute Gasteiger partial charge is 0.137 e. The minimum Gasteiger partial charge on any atom is -0.456 e. The number of para-hydroxylation sites is 2. The maximum absolute atomic E-state index is 6.43. The fourth-order valence-corrected chi connectivity index (χ4v) is 9.75. The Morgan fingerprint density at radius 3 is 2.03 bits per heavy atom. The second kappa shape index (κ2) is 12.3. The van der Waals surface area contributed by atoms with Crippen LogP contribution >= 0.6 is 0 Å². The molecule has 0 bridgehead atoms. The number of rotatable bonds is 5. The molecular weight excluding hydrogens is 705 g/mol. The molecule has 58 heavy (non-hydrogen) atoms. The molecule has 3 nitrogen and oxygen atoms in total. The van der Waals surface area contributed by atoms with Crippen molar-refractivity contribution in [1.82, 2.24) is 4.57 Å². The molecule has 274 valence electrons. The molecule has 0 aliphatic heterocycles. The second-order valence-corrected chi connectivity index (χ2v) is 16.1. The van der Waals surface area contributed by atoms with Crippen molar-refractivity contribution in [2.45, 2.75) is 19.3 Å². The van der Waals surface area contributed by atoms with Crippen LogP contribution < -0.4 is 4.90 Å². The molecule has 0 radical (unpaired) electrons. The van der Waals surface area contributed by atoms with Crippen LogP contribution in [0.5, 0.6) is 0 Å². The molecule has 11 aromatic rings. The van der Waals surface area contributed by atoms with Crippen molar-refractivity contribution in [2.24, 2.45) is 0 Å². The van der Waals surface area contributed by atoms with Gasteiger partial charge in [0.15, 0.2) is 0 Å². The van der Waals surface area contributed by atoms with Crippen molar-refractivity contribution in [1.29, 1.82) is 0 Å². The van der Waals surface area contributed by atoms with Crippen LogP contribution in [-0.2, 0) is 5.41 Å². The lowest BCUT2D eigenvalue weighted by Gasteiger charge is -2.28. The third-order valence-corrected chi connectivity index (χ3v) is 12.6. The van der Waals surface area contributed by atoms with Gasteiger partial charge in [-0.3, -0.25) is 0 Å². The standard InChI is InChI=1S/C55H38N2O/c1-55(2)47-17-8-5-14-42(47)43-30-29-41(34-48(43)55)56(51-19-11-21-53-54(51)45-16-7-10-20-52(45)58-53)39-26-22-36(23-27-39)38-25-31-50-46(33-38)44-15-6-9-18-49(44)57(50)40-28-24-35-12-3-4-13-37(35)32-40/h3-34H,1-2H3. The number of nitrogens with zero attached hydrogens (tertiary/aromatic N) is 2. The third kappa shape index (κ3) is 4.80. The van der Waals surface area contributed by atoms with E-state index >= 15 is 0 Å².